The van der Waals surface area contributed by atoms with Crippen LogP contribution in [0.25, 0.3) is 0 Å². The molecule has 0 atom stereocenters. The van der Waals surface area contributed by atoms with Gasteiger partial charge in [-0.25, -0.2) is 0 Å². The number of thioether (sulfide) groups is 2. The molecule has 0 fully saturated rings. The van der Waals surface area contributed by atoms with Gasteiger partial charge in [-0.1, -0.05) is 0 Å². The van der Waals surface area contributed by atoms with Crippen molar-refractivity contribution in [2.45, 2.75) is 37.5 Å². The van der Waals surface area contributed by atoms with Crippen LogP contribution >= 0.6 is 23.5 Å². The zero-order chi connectivity index (χ0) is 10.3. The molecule has 1 aliphatic rings. The van der Waals surface area contributed by atoms with Gasteiger partial charge in [-0.2, -0.15) is 0 Å². The van der Waals surface area contributed by atoms with Crippen LogP contribution in [0.2, 0.25) is 0 Å². The molecule has 0 unspecified atom stereocenters. The molecule has 0 radical (unpaired) electrons. The minimum atomic E-state index is 0.493. The number of hydrogen-bond donors (Lipinski definition) is 0. The van der Waals surface area contributed by atoms with Gasteiger partial charge in [0.25, 0.3) is 0 Å². The summed E-state index contributed by atoms with van der Waals surface area (Å²) in [6.07, 6.45) is 0. The Morgan fingerprint density at radius 3 is 1.86 bits per heavy atom. The molecule has 2 rings (SSSR count). The number of hydrogen-bond acceptors (Lipinski definition) is 2. The summed E-state index contributed by atoms with van der Waals surface area (Å²) in [5.41, 5.74) is 0.493. The zero-order valence-electron chi connectivity index (χ0n) is 9.14. The molecule has 0 aliphatic carbocycles. The van der Waals surface area contributed by atoms with Crippen molar-refractivity contribution in [3.8, 4) is 0 Å². The molecule has 1 aliphatic heterocycles. The van der Waals surface area contributed by atoms with Crippen LogP contribution in [0.4, 0.5) is 0 Å². The van der Waals surface area contributed by atoms with Crippen LogP contribution in [-0.4, -0.2) is 26.0 Å². The summed E-state index contributed by atoms with van der Waals surface area (Å²) in [6.45, 7) is 9.39. The molecule has 0 saturated carbocycles. The van der Waals surface area contributed by atoms with E-state index in [1.54, 1.807) is 18.7 Å². The van der Waals surface area contributed by atoms with Gasteiger partial charge in [-0.3, -0.25) is 0 Å². The molecule has 0 saturated heterocycles. The van der Waals surface area contributed by atoms with Crippen molar-refractivity contribution in [2.24, 2.45) is 5.41 Å². The molecule has 78 valence electrons. The number of aryl methyl sites for hydroxylation is 2. The minimum absolute atomic E-state index is 0.493. The molecule has 0 aromatic carbocycles. The van der Waals surface area contributed by atoms with Gasteiger partial charge < -0.3 is 0 Å². The fourth-order valence-electron chi connectivity index (χ4n) is 1.55. The first-order chi connectivity index (χ1) is 6.49. The SMILES string of the molecule is Cc1[se]c(C)c2c1SCC(C)(C)CS2. The molecule has 0 spiro atoms. The number of fused-ring (bicyclic) bond motifs is 1. The summed E-state index contributed by atoms with van der Waals surface area (Å²) in [6, 6.07) is 0. The Kier molecular flexibility index (Phi) is 3.14. The summed E-state index contributed by atoms with van der Waals surface area (Å²) >= 11 is 4.84. The summed E-state index contributed by atoms with van der Waals surface area (Å²) in [4.78, 5) is 3.25. The third-order valence-corrected chi connectivity index (χ3v) is 8.67. The molecule has 14 heavy (non-hydrogen) atoms. The van der Waals surface area contributed by atoms with Crippen LogP contribution < -0.4 is 0 Å². The molecule has 1 aromatic rings. The second kappa shape index (κ2) is 3.93. The number of rotatable bonds is 0. The van der Waals surface area contributed by atoms with Crippen molar-refractivity contribution in [2.75, 3.05) is 11.5 Å². The van der Waals surface area contributed by atoms with Crippen molar-refractivity contribution in [1.82, 2.24) is 0 Å². The Morgan fingerprint density at radius 2 is 1.43 bits per heavy atom. The molecule has 0 bridgehead atoms. The monoisotopic (exact) mass is 292 g/mol. The maximum atomic E-state index is 2.38. The van der Waals surface area contributed by atoms with Crippen LogP contribution in [0.15, 0.2) is 9.79 Å². The molecule has 0 N–H and O–H groups in total. The van der Waals surface area contributed by atoms with E-state index in [0.717, 1.165) is 0 Å². The molecular weight excluding hydrogens is 275 g/mol. The predicted octanol–water partition coefficient (Wildman–Crippen LogP) is 3.58. The van der Waals surface area contributed by atoms with E-state index < -0.39 is 0 Å². The first kappa shape index (κ1) is 11.2. The van der Waals surface area contributed by atoms with E-state index in [2.05, 4.69) is 51.2 Å². The molecule has 0 amide bonds. The van der Waals surface area contributed by atoms with Gasteiger partial charge in [0.2, 0.25) is 0 Å². The fourth-order valence-corrected chi connectivity index (χ4v) is 7.53. The van der Waals surface area contributed by atoms with Gasteiger partial charge in [0.1, 0.15) is 0 Å². The molecule has 3 heteroatoms. The van der Waals surface area contributed by atoms with Gasteiger partial charge in [0.15, 0.2) is 0 Å². The average Bonchev–Trinajstić information content (AvgIpc) is 2.26. The normalized spacial score (nSPS) is 20.3. The Morgan fingerprint density at radius 1 is 1.00 bits per heavy atom. The Balaban J connectivity index is 2.35. The van der Waals surface area contributed by atoms with Crippen molar-refractivity contribution in [1.29, 1.82) is 0 Å². The van der Waals surface area contributed by atoms with E-state index in [4.69, 9.17) is 0 Å². The van der Waals surface area contributed by atoms with Crippen LogP contribution in [0, 0.1) is 19.3 Å². The molecule has 1 aromatic heterocycles. The summed E-state index contributed by atoms with van der Waals surface area (Å²) < 4.78 is 3.31. The third-order valence-electron chi connectivity index (χ3n) is 2.37. The van der Waals surface area contributed by atoms with Crippen LogP contribution in [0.3, 0.4) is 0 Å². The van der Waals surface area contributed by atoms with Crippen molar-refractivity contribution < 1.29 is 0 Å². The van der Waals surface area contributed by atoms with E-state index in [1.807, 2.05) is 0 Å². The standard InChI is InChI=1S/C11H16S2Se/c1-7-9-10(8(2)14-7)13-6-11(3,4)5-12-9/h5-6H2,1-4H3. The Bertz CT molecular complexity index is 322. The molecule has 0 nitrogen and oxygen atoms in total. The quantitative estimate of drug-likeness (QED) is 0.670. The van der Waals surface area contributed by atoms with Gasteiger partial charge in [-0.05, 0) is 0 Å². The molecular formula is C11H16S2Se. The Labute approximate surface area is 101 Å². The topological polar surface area (TPSA) is 0 Å². The second-order valence-electron chi connectivity index (χ2n) is 4.61. The second-order valence-corrected chi connectivity index (χ2v) is 9.58. The summed E-state index contributed by atoms with van der Waals surface area (Å²) in [7, 11) is 0. The van der Waals surface area contributed by atoms with Crippen LogP contribution in [0.1, 0.15) is 22.7 Å². The first-order valence-corrected chi connectivity index (χ1v) is 8.54. The maximum absolute atomic E-state index is 2.38. The van der Waals surface area contributed by atoms with E-state index >= 15 is 0 Å². The van der Waals surface area contributed by atoms with Gasteiger partial charge >= 0.3 is 101 Å². The fraction of sp³-hybridized carbons (Fsp3) is 0.636. The van der Waals surface area contributed by atoms with Gasteiger partial charge in [0, 0.05) is 0 Å². The van der Waals surface area contributed by atoms with Crippen molar-refractivity contribution >= 4 is 38.0 Å². The average molecular weight is 291 g/mol. The predicted molar refractivity (Wildman–Crippen MR) is 68.1 cm³/mol. The summed E-state index contributed by atoms with van der Waals surface area (Å²) in [5, 5.41) is 0. The van der Waals surface area contributed by atoms with Gasteiger partial charge in [-0.15, -0.1) is 0 Å². The van der Waals surface area contributed by atoms with Gasteiger partial charge in [0.05, 0.1) is 0 Å². The van der Waals surface area contributed by atoms with E-state index in [1.165, 1.54) is 11.5 Å². The zero-order valence-corrected chi connectivity index (χ0v) is 12.5. The van der Waals surface area contributed by atoms with E-state index in [9.17, 15) is 0 Å². The first-order valence-electron chi connectivity index (χ1n) is 4.85. The summed E-state index contributed by atoms with van der Waals surface area (Å²) in [5.74, 6) is 2.55. The van der Waals surface area contributed by atoms with Crippen molar-refractivity contribution in [3.05, 3.63) is 8.87 Å². The molecule has 2 heterocycles. The van der Waals surface area contributed by atoms with Crippen LogP contribution in [0.5, 0.6) is 0 Å². The van der Waals surface area contributed by atoms with E-state index in [0.29, 0.717) is 19.9 Å². The van der Waals surface area contributed by atoms with Crippen molar-refractivity contribution in [3.63, 3.8) is 0 Å². The van der Waals surface area contributed by atoms with Crippen LogP contribution in [-0.2, 0) is 0 Å². The Hall–Kier alpha value is 0.699. The van der Waals surface area contributed by atoms with E-state index in [-0.39, 0.29) is 0 Å². The third kappa shape index (κ3) is 2.11.